The molecule has 1 aliphatic heterocycles. The lowest BCUT2D eigenvalue weighted by Gasteiger charge is -2.20. The summed E-state index contributed by atoms with van der Waals surface area (Å²) in [5.74, 6) is 0. The Labute approximate surface area is 89.3 Å². The molecule has 80 valence electrons. The molecule has 1 nitrogen and oxygen atoms in total. The molecule has 13 heavy (non-hydrogen) atoms. The van der Waals surface area contributed by atoms with Crippen molar-refractivity contribution in [2.45, 2.75) is 58.4 Å². The summed E-state index contributed by atoms with van der Waals surface area (Å²) in [6, 6.07) is 1.02. The van der Waals surface area contributed by atoms with E-state index in [1.807, 2.05) is 4.90 Å². The summed E-state index contributed by atoms with van der Waals surface area (Å²) >= 11 is 0. The highest BCUT2D eigenvalue weighted by molar-refractivity contribution is 4.62. The molecule has 2 heteroatoms. The zero-order valence-electron chi connectivity index (χ0n) is 9.11. The third-order valence-electron chi connectivity index (χ3n) is 3.11. The van der Waals surface area contributed by atoms with Crippen LogP contribution in [-0.2, 0) is 0 Å². The van der Waals surface area contributed by atoms with Crippen LogP contribution in [0.4, 0.5) is 0 Å². The second-order valence-corrected chi connectivity index (χ2v) is 4.14. The van der Waals surface area contributed by atoms with Crippen molar-refractivity contribution >= 4 is 0 Å². The molecule has 1 N–H and O–H groups in total. The van der Waals surface area contributed by atoms with E-state index in [9.17, 15) is 0 Å². The van der Waals surface area contributed by atoms with Gasteiger partial charge in [0.15, 0.2) is 0 Å². The van der Waals surface area contributed by atoms with E-state index in [0.717, 1.165) is 6.04 Å². The largest absolute Gasteiger partial charge is 1.00 e. The number of quaternary nitrogens is 1. The number of halogens is 1. The van der Waals surface area contributed by atoms with Crippen molar-refractivity contribution in [1.29, 1.82) is 0 Å². The van der Waals surface area contributed by atoms with Crippen LogP contribution < -0.4 is 17.3 Å². The molecule has 0 aromatic rings. The van der Waals surface area contributed by atoms with Crippen LogP contribution in [0.3, 0.4) is 0 Å². The zero-order valence-corrected chi connectivity index (χ0v) is 9.87. The Morgan fingerprint density at radius 2 is 2.00 bits per heavy atom. The van der Waals surface area contributed by atoms with Gasteiger partial charge in [0.1, 0.15) is 0 Å². The van der Waals surface area contributed by atoms with E-state index in [4.69, 9.17) is 0 Å². The Hall–Kier alpha value is 0.250. The maximum absolute atomic E-state index is 2.31. The van der Waals surface area contributed by atoms with Crippen molar-refractivity contribution in [2.75, 3.05) is 13.1 Å². The lowest BCUT2D eigenvalue weighted by Crippen LogP contribution is -3.13. The minimum absolute atomic E-state index is 0. The van der Waals surface area contributed by atoms with Gasteiger partial charge in [-0.25, -0.2) is 0 Å². The Morgan fingerprint density at radius 1 is 1.23 bits per heavy atom. The molecular weight excluding hydrogens is 182 g/mol. The summed E-state index contributed by atoms with van der Waals surface area (Å²) in [5.41, 5.74) is 0. The van der Waals surface area contributed by atoms with Gasteiger partial charge in [0, 0.05) is 12.8 Å². The number of hydrogen-bond acceptors (Lipinski definition) is 0. The fraction of sp³-hybridized carbons (Fsp3) is 1.00. The SMILES string of the molecule is CCCCC1CCC[NH+]1CCC.[Cl-]. The van der Waals surface area contributed by atoms with Crippen LogP contribution in [0.1, 0.15) is 52.4 Å². The van der Waals surface area contributed by atoms with Gasteiger partial charge in [0.25, 0.3) is 0 Å². The van der Waals surface area contributed by atoms with E-state index in [2.05, 4.69) is 13.8 Å². The van der Waals surface area contributed by atoms with Gasteiger partial charge in [-0.15, -0.1) is 0 Å². The monoisotopic (exact) mass is 205 g/mol. The lowest BCUT2D eigenvalue weighted by molar-refractivity contribution is -0.912. The standard InChI is InChI=1S/C11H23N.ClH/c1-3-5-7-11-8-6-10-12(11)9-4-2;/h11H,3-10H2,1-2H3;1H. The first-order chi connectivity index (χ1) is 5.88. The molecule has 0 spiro atoms. The van der Waals surface area contributed by atoms with Gasteiger partial charge in [-0.3, -0.25) is 0 Å². The third-order valence-corrected chi connectivity index (χ3v) is 3.11. The van der Waals surface area contributed by atoms with Crippen molar-refractivity contribution in [2.24, 2.45) is 0 Å². The van der Waals surface area contributed by atoms with E-state index in [-0.39, 0.29) is 12.4 Å². The molecule has 0 aromatic carbocycles. The van der Waals surface area contributed by atoms with E-state index >= 15 is 0 Å². The molecule has 1 heterocycles. The first-order valence-corrected chi connectivity index (χ1v) is 5.73. The van der Waals surface area contributed by atoms with Gasteiger partial charge >= 0.3 is 0 Å². The predicted molar refractivity (Wildman–Crippen MR) is 53.5 cm³/mol. The highest BCUT2D eigenvalue weighted by atomic mass is 35.5. The number of unbranched alkanes of at least 4 members (excludes halogenated alkanes) is 1. The van der Waals surface area contributed by atoms with Crippen molar-refractivity contribution in [3.8, 4) is 0 Å². The summed E-state index contributed by atoms with van der Waals surface area (Å²) in [6.45, 7) is 7.47. The summed E-state index contributed by atoms with van der Waals surface area (Å²) in [6.07, 6.45) is 8.62. The molecule has 0 bridgehead atoms. The molecule has 0 amide bonds. The van der Waals surface area contributed by atoms with Gasteiger partial charge in [0.05, 0.1) is 19.1 Å². The number of nitrogens with one attached hydrogen (secondary N) is 1. The first kappa shape index (κ1) is 13.2. The molecule has 2 atom stereocenters. The van der Waals surface area contributed by atoms with E-state index in [1.54, 1.807) is 0 Å². The maximum Gasteiger partial charge on any atom is 0.0876 e. The van der Waals surface area contributed by atoms with Crippen LogP contribution in [0.5, 0.6) is 0 Å². The van der Waals surface area contributed by atoms with E-state index in [1.165, 1.54) is 51.6 Å². The molecule has 2 unspecified atom stereocenters. The van der Waals surface area contributed by atoms with Crippen molar-refractivity contribution in [1.82, 2.24) is 0 Å². The average Bonchev–Trinajstić information content (AvgIpc) is 2.50. The van der Waals surface area contributed by atoms with Crippen molar-refractivity contribution in [3.05, 3.63) is 0 Å². The van der Waals surface area contributed by atoms with Gasteiger partial charge in [0.2, 0.25) is 0 Å². The minimum atomic E-state index is 0. The summed E-state index contributed by atoms with van der Waals surface area (Å²) in [4.78, 5) is 1.89. The Morgan fingerprint density at radius 3 is 2.62 bits per heavy atom. The Balaban J connectivity index is 0.00000144. The molecule has 0 radical (unpaired) electrons. The normalized spacial score (nSPS) is 27.2. The molecule has 0 aliphatic carbocycles. The van der Waals surface area contributed by atoms with Crippen LogP contribution in [-0.4, -0.2) is 19.1 Å². The number of likely N-dealkylation sites (tertiary alicyclic amines) is 1. The van der Waals surface area contributed by atoms with Gasteiger partial charge in [-0.05, 0) is 19.3 Å². The van der Waals surface area contributed by atoms with Gasteiger partial charge in [-0.2, -0.15) is 0 Å². The summed E-state index contributed by atoms with van der Waals surface area (Å²) in [7, 11) is 0. The molecular formula is C11H24ClN. The first-order valence-electron chi connectivity index (χ1n) is 5.73. The lowest BCUT2D eigenvalue weighted by atomic mass is 10.1. The fourth-order valence-electron chi connectivity index (χ4n) is 2.43. The van der Waals surface area contributed by atoms with Crippen molar-refractivity contribution < 1.29 is 17.3 Å². The summed E-state index contributed by atoms with van der Waals surface area (Å²) in [5, 5.41) is 0. The van der Waals surface area contributed by atoms with E-state index < -0.39 is 0 Å². The number of hydrogen-bond donors (Lipinski definition) is 1. The van der Waals surface area contributed by atoms with Crippen LogP contribution in [0.25, 0.3) is 0 Å². The molecule has 0 aromatic heterocycles. The van der Waals surface area contributed by atoms with Crippen molar-refractivity contribution in [3.63, 3.8) is 0 Å². The predicted octanol–water partition coefficient (Wildman–Crippen LogP) is -1.36. The van der Waals surface area contributed by atoms with Crippen LogP contribution >= 0.6 is 0 Å². The van der Waals surface area contributed by atoms with Gasteiger partial charge in [-0.1, -0.05) is 20.3 Å². The smallest absolute Gasteiger partial charge is 0.0876 e. The number of rotatable bonds is 5. The highest BCUT2D eigenvalue weighted by Gasteiger charge is 2.26. The Bertz CT molecular complexity index is 117. The van der Waals surface area contributed by atoms with Crippen LogP contribution in [0, 0.1) is 0 Å². The van der Waals surface area contributed by atoms with Crippen LogP contribution in [0.2, 0.25) is 0 Å². The zero-order chi connectivity index (χ0) is 8.81. The van der Waals surface area contributed by atoms with Crippen LogP contribution in [0.15, 0.2) is 0 Å². The molecule has 1 rings (SSSR count). The Kier molecular flexibility index (Phi) is 7.78. The molecule has 0 saturated carbocycles. The highest BCUT2D eigenvalue weighted by Crippen LogP contribution is 2.07. The second kappa shape index (κ2) is 7.64. The van der Waals surface area contributed by atoms with E-state index in [0.29, 0.717) is 0 Å². The minimum Gasteiger partial charge on any atom is -1.00 e. The third kappa shape index (κ3) is 4.33. The molecule has 1 fully saturated rings. The second-order valence-electron chi connectivity index (χ2n) is 4.14. The topological polar surface area (TPSA) is 4.44 Å². The molecule has 1 saturated heterocycles. The average molecular weight is 206 g/mol. The quantitative estimate of drug-likeness (QED) is 0.566. The van der Waals surface area contributed by atoms with Gasteiger partial charge < -0.3 is 17.3 Å². The fourth-order valence-corrected chi connectivity index (χ4v) is 2.43. The maximum atomic E-state index is 2.31. The summed E-state index contributed by atoms with van der Waals surface area (Å²) < 4.78 is 0. The molecule has 1 aliphatic rings.